The lowest BCUT2D eigenvalue weighted by molar-refractivity contribution is -0.132. The summed E-state index contributed by atoms with van der Waals surface area (Å²) >= 11 is 0. The molecular formula is C7H14O3. The lowest BCUT2D eigenvalue weighted by Crippen LogP contribution is -2.35. The van der Waals surface area contributed by atoms with Gasteiger partial charge in [0.15, 0.2) is 5.78 Å². The first-order valence-electron chi connectivity index (χ1n) is 3.33. The van der Waals surface area contributed by atoms with Crippen LogP contribution >= 0.6 is 0 Å². The summed E-state index contributed by atoms with van der Waals surface area (Å²) in [4.78, 5) is 10.5. The van der Waals surface area contributed by atoms with Gasteiger partial charge < -0.3 is 10.2 Å². The van der Waals surface area contributed by atoms with Crippen LogP contribution in [0.25, 0.3) is 0 Å². The molecule has 0 aromatic heterocycles. The molecule has 0 aliphatic carbocycles. The number of hydrogen-bond donors (Lipinski definition) is 2. The second-order valence-electron chi connectivity index (χ2n) is 2.79. The third-order valence-corrected chi connectivity index (χ3v) is 1.42. The molecule has 0 aromatic carbocycles. The van der Waals surface area contributed by atoms with E-state index in [9.17, 15) is 4.79 Å². The molecule has 10 heavy (non-hydrogen) atoms. The van der Waals surface area contributed by atoms with E-state index < -0.39 is 12.2 Å². The minimum atomic E-state index is -1.22. The Hall–Kier alpha value is -0.410. The summed E-state index contributed by atoms with van der Waals surface area (Å²) in [6, 6.07) is 0. The van der Waals surface area contributed by atoms with E-state index in [1.54, 1.807) is 13.8 Å². The van der Waals surface area contributed by atoms with Crippen molar-refractivity contribution in [3.05, 3.63) is 0 Å². The molecule has 2 N–H and O–H groups in total. The molecular weight excluding hydrogens is 132 g/mol. The summed E-state index contributed by atoms with van der Waals surface area (Å²) in [6.07, 6.45) is -2.16. The first-order chi connectivity index (χ1) is 4.46. The predicted molar refractivity (Wildman–Crippen MR) is 37.5 cm³/mol. The summed E-state index contributed by atoms with van der Waals surface area (Å²) in [5.41, 5.74) is 0. The van der Waals surface area contributed by atoms with Crippen molar-refractivity contribution < 1.29 is 15.0 Å². The van der Waals surface area contributed by atoms with Crippen LogP contribution in [-0.2, 0) is 4.79 Å². The van der Waals surface area contributed by atoms with Gasteiger partial charge in [0.25, 0.3) is 0 Å². The Balaban J connectivity index is 3.94. The number of aliphatic hydroxyl groups is 2. The van der Waals surface area contributed by atoms with E-state index in [4.69, 9.17) is 10.2 Å². The fourth-order valence-corrected chi connectivity index (χ4v) is 0.605. The quantitative estimate of drug-likeness (QED) is 0.587. The van der Waals surface area contributed by atoms with Crippen LogP contribution in [0.1, 0.15) is 20.8 Å². The fraction of sp³-hybridized carbons (Fsp3) is 0.857. The van der Waals surface area contributed by atoms with Crippen molar-refractivity contribution in [1.29, 1.82) is 0 Å². The van der Waals surface area contributed by atoms with Gasteiger partial charge in [-0.05, 0) is 12.8 Å². The average Bonchev–Trinajstić information content (AvgIpc) is 1.84. The van der Waals surface area contributed by atoms with Crippen LogP contribution in [0, 0.1) is 5.92 Å². The van der Waals surface area contributed by atoms with E-state index in [-0.39, 0.29) is 11.7 Å². The zero-order chi connectivity index (χ0) is 8.31. The minimum absolute atomic E-state index is 0.0844. The molecule has 0 radical (unpaired) electrons. The van der Waals surface area contributed by atoms with Gasteiger partial charge in [-0.15, -0.1) is 0 Å². The van der Waals surface area contributed by atoms with Crippen LogP contribution < -0.4 is 0 Å². The molecule has 0 heterocycles. The van der Waals surface area contributed by atoms with E-state index in [1.165, 1.54) is 6.92 Å². The summed E-state index contributed by atoms with van der Waals surface area (Å²) in [5.74, 6) is -0.472. The molecule has 3 heteroatoms. The molecule has 0 amide bonds. The normalized spacial score (nSPS) is 17.0. The van der Waals surface area contributed by atoms with E-state index in [0.29, 0.717) is 0 Å². The molecule has 0 aromatic rings. The van der Waals surface area contributed by atoms with Crippen LogP contribution in [0.5, 0.6) is 0 Å². The van der Waals surface area contributed by atoms with Crippen molar-refractivity contribution in [3.63, 3.8) is 0 Å². The monoisotopic (exact) mass is 146 g/mol. The topological polar surface area (TPSA) is 57.5 Å². The van der Waals surface area contributed by atoms with Crippen molar-refractivity contribution in [3.8, 4) is 0 Å². The number of carbonyl (C=O) groups is 1. The Morgan fingerprint density at radius 2 is 1.70 bits per heavy atom. The number of Topliss-reactive ketones (excluding diaryl/α,β-unsaturated/α-hetero) is 1. The van der Waals surface area contributed by atoms with Gasteiger partial charge in [-0.25, -0.2) is 0 Å². The van der Waals surface area contributed by atoms with Gasteiger partial charge in [0.05, 0.1) is 6.10 Å². The predicted octanol–water partition coefficient (Wildman–Crippen LogP) is -0.0468. The second-order valence-corrected chi connectivity index (χ2v) is 2.79. The van der Waals surface area contributed by atoms with E-state index in [2.05, 4.69) is 0 Å². The smallest absolute Gasteiger partial charge is 0.160 e. The SMILES string of the molecule is CC(=O)[C@@H](O)[C@H](O)C(C)C. The Bertz CT molecular complexity index is 120. The maximum Gasteiger partial charge on any atom is 0.160 e. The molecule has 0 rings (SSSR count). The highest BCUT2D eigenvalue weighted by molar-refractivity contribution is 5.80. The molecule has 3 nitrogen and oxygen atoms in total. The van der Waals surface area contributed by atoms with Gasteiger partial charge in [-0.2, -0.15) is 0 Å². The lowest BCUT2D eigenvalue weighted by Gasteiger charge is -2.17. The molecule has 0 unspecified atom stereocenters. The molecule has 60 valence electrons. The lowest BCUT2D eigenvalue weighted by atomic mass is 10.00. The van der Waals surface area contributed by atoms with Gasteiger partial charge in [-0.1, -0.05) is 13.8 Å². The Kier molecular flexibility index (Phi) is 3.53. The van der Waals surface area contributed by atoms with Gasteiger partial charge >= 0.3 is 0 Å². The second kappa shape index (κ2) is 3.68. The maximum absolute atomic E-state index is 10.5. The number of aliphatic hydroxyl groups excluding tert-OH is 2. The molecule has 0 aliphatic rings. The van der Waals surface area contributed by atoms with E-state index >= 15 is 0 Å². The fourth-order valence-electron chi connectivity index (χ4n) is 0.605. The zero-order valence-corrected chi connectivity index (χ0v) is 6.53. The Morgan fingerprint density at radius 1 is 1.30 bits per heavy atom. The van der Waals surface area contributed by atoms with Gasteiger partial charge in [0, 0.05) is 0 Å². The van der Waals surface area contributed by atoms with Crippen LogP contribution in [0.15, 0.2) is 0 Å². The molecule has 0 aliphatic heterocycles. The minimum Gasteiger partial charge on any atom is -0.390 e. The van der Waals surface area contributed by atoms with Gasteiger partial charge in [0.2, 0.25) is 0 Å². The number of rotatable bonds is 3. The van der Waals surface area contributed by atoms with Crippen molar-refractivity contribution in [2.75, 3.05) is 0 Å². The van der Waals surface area contributed by atoms with Crippen molar-refractivity contribution >= 4 is 5.78 Å². The molecule has 0 saturated carbocycles. The molecule has 0 bridgehead atoms. The summed E-state index contributed by atoms with van der Waals surface area (Å²) in [6.45, 7) is 4.75. The Morgan fingerprint density at radius 3 is 1.80 bits per heavy atom. The third-order valence-electron chi connectivity index (χ3n) is 1.42. The standard InChI is InChI=1S/C7H14O3/c1-4(2)6(9)7(10)5(3)8/h4,6-7,9-10H,1-3H3/t6-,7-/m1/s1. The van der Waals surface area contributed by atoms with Crippen LogP contribution in [0.2, 0.25) is 0 Å². The highest BCUT2D eigenvalue weighted by Crippen LogP contribution is 2.06. The highest BCUT2D eigenvalue weighted by Gasteiger charge is 2.22. The van der Waals surface area contributed by atoms with Crippen molar-refractivity contribution in [2.45, 2.75) is 33.0 Å². The largest absolute Gasteiger partial charge is 0.390 e. The summed E-state index contributed by atoms with van der Waals surface area (Å²) in [7, 11) is 0. The molecule has 2 atom stereocenters. The van der Waals surface area contributed by atoms with E-state index in [1.807, 2.05) is 0 Å². The van der Waals surface area contributed by atoms with Crippen LogP contribution in [0.3, 0.4) is 0 Å². The zero-order valence-electron chi connectivity index (χ0n) is 6.53. The first-order valence-corrected chi connectivity index (χ1v) is 3.33. The van der Waals surface area contributed by atoms with Gasteiger partial charge in [-0.3, -0.25) is 4.79 Å². The molecule has 0 spiro atoms. The average molecular weight is 146 g/mol. The molecule has 0 fully saturated rings. The van der Waals surface area contributed by atoms with Crippen LogP contribution in [0.4, 0.5) is 0 Å². The maximum atomic E-state index is 10.5. The summed E-state index contributed by atoms with van der Waals surface area (Å²) in [5, 5.41) is 18.1. The highest BCUT2D eigenvalue weighted by atomic mass is 16.3. The number of hydrogen-bond acceptors (Lipinski definition) is 3. The van der Waals surface area contributed by atoms with Gasteiger partial charge in [0.1, 0.15) is 6.10 Å². The first kappa shape index (κ1) is 9.59. The number of ketones is 1. The molecule has 0 saturated heterocycles. The van der Waals surface area contributed by atoms with Crippen molar-refractivity contribution in [1.82, 2.24) is 0 Å². The third kappa shape index (κ3) is 2.45. The van der Waals surface area contributed by atoms with E-state index in [0.717, 1.165) is 0 Å². The van der Waals surface area contributed by atoms with Crippen LogP contribution in [-0.4, -0.2) is 28.2 Å². The summed E-state index contributed by atoms with van der Waals surface area (Å²) < 4.78 is 0. The van der Waals surface area contributed by atoms with Crippen molar-refractivity contribution in [2.24, 2.45) is 5.92 Å². The number of carbonyl (C=O) groups excluding carboxylic acids is 1. The Labute approximate surface area is 60.7 Å².